The van der Waals surface area contributed by atoms with Crippen molar-refractivity contribution in [3.63, 3.8) is 0 Å². The smallest absolute Gasteiger partial charge is 0.317 e. The van der Waals surface area contributed by atoms with E-state index in [0.717, 1.165) is 5.56 Å². The van der Waals surface area contributed by atoms with Gasteiger partial charge in [-0.1, -0.05) is 37.6 Å². The zero-order valence-corrected chi connectivity index (χ0v) is 14.4. The second kappa shape index (κ2) is 6.46. The summed E-state index contributed by atoms with van der Waals surface area (Å²) in [7, 11) is -2.98. The van der Waals surface area contributed by atoms with Crippen LogP contribution in [0.15, 0.2) is 24.3 Å². The fourth-order valence-electron chi connectivity index (χ4n) is 2.34. The van der Waals surface area contributed by atoms with Crippen LogP contribution >= 0.6 is 11.6 Å². The highest BCUT2D eigenvalue weighted by Gasteiger charge is 2.27. The molecule has 1 N–H and O–H groups in total. The third kappa shape index (κ3) is 4.36. The molecule has 1 aliphatic rings. The standard InChI is InChI=1S/C15H21ClN2O3S/c1-15(2,12-4-3-5-13(16)10-12)11-17-14(19)18-6-8-22(20,21)9-7-18/h3-5,10H,6-9,11H2,1-2H3,(H,17,19). The van der Waals surface area contributed by atoms with Crippen LogP contribution in [0.3, 0.4) is 0 Å². The van der Waals surface area contributed by atoms with E-state index in [1.807, 2.05) is 38.1 Å². The number of benzene rings is 1. The highest BCUT2D eigenvalue weighted by molar-refractivity contribution is 7.91. The average molecular weight is 345 g/mol. The first-order chi connectivity index (χ1) is 10.2. The van der Waals surface area contributed by atoms with Crippen LogP contribution in [0.2, 0.25) is 5.02 Å². The number of hydrogen-bond donors (Lipinski definition) is 1. The Bertz CT molecular complexity index is 645. The van der Waals surface area contributed by atoms with Gasteiger partial charge in [-0.05, 0) is 17.7 Å². The number of nitrogens with one attached hydrogen (secondary N) is 1. The Morgan fingerprint density at radius 1 is 1.32 bits per heavy atom. The number of carbonyl (C=O) groups excluding carboxylic acids is 1. The van der Waals surface area contributed by atoms with Crippen molar-refractivity contribution in [1.82, 2.24) is 10.2 Å². The van der Waals surface area contributed by atoms with Gasteiger partial charge in [-0.25, -0.2) is 13.2 Å². The summed E-state index contributed by atoms with van der Waals surface area (Å²) in [5, 5.41) is 3.55. The number of carbonyl (C=O) groups is 1. The number of rotatable bonds is 3. The van der Waals surface area contributed by atoms with Gasteiger partial charge in [0.15, 0.2) is 9.84 Å². The first kappa shape index (κ1) is 17.1. The fourth-order valence-corrected chi connectivity index (χ4v) is 3.73. The van der Waals surface area contributed by atoms with Crippen molar-refractivity contribution in [2.75, 3.05) is 31.1 Å². The topological polar surface area (TPSA) is 66.5 Å². The second-order valence-corrected chi connectivity index (χ2v) is 8.93. The van der Waals surface area contributed by atoms with Crippen molar-refractivity contribution in [2.45, 2.75) is 19.3 Å². The van der Waals surface area contributed by atoms with E-state index in [1.165, 1.54) is 0 Å². The molecule has 1 aliphatic heterocycles. The van der Waals surface area contributed by atoms with Crippen LogP contribution in [0.25, 0.3) is 0 Å². The summed E-state index contributed by atoms with van der Waals surface area (Å²) in [5.74, 6) is 0.0796. The van der Waals surface area contributed by atoms with Gasteiger partial charge in [0.25, 0.3) is 0 Å². The first-order valence-corrected chi connectivity index (χ1v) is 9.39. The van der Waals surface area contributed by atoms with Crippen LogP contribution in [0.4, 0.5) is 4.79 Å². The SMILES string of the molecule is CC(C)(CNC(=O)N1CCS(=O)(=O)CC1)c1cccc(Cl)c1. The lowest BCUT2D eigenvalue weighted by Crippen LogP contribution is -2.50. The second-order valence-electron chi connectivity index (χ2n) is 6.19. The Morgan fingerprint density at radius 2 is 1.95 bits per heavy atom. The van der Waals surface area contributed by atoms with Gasteiger partial charge < -0.3 is 10.2 Å². The zero-order chi connectivity index (χ0) is 16.4. The molecule has 0 aliphatic carbocycles. The monoisotopic (exact) mass is 344 g/mol. The van der Waals surface area contributed by atoms with Crippen LogP contribution in [-0.2, 0) is 15.3 Å². The van der Waals surface area contributed by atoms with Gasteiger partial charge in [0.1, 0.15) is 0 Å². The van der Waals surface area contributed by atoms with Gasteiger partial charge in [-0.2, -0.15) is 0 Å². The molecule has 1 aromatic carbocycles. The average Bonchev–Trinajstić information content (AvgIpc) is 2.45. The lowest BCUT2D eigenvalue weighted by Gasteiger charge is -2.30. The predicted octanol–water partition coefficient (Wildman–Crippen LogP) is 2.06. The molecule has 0 saturated carbocycles. The molecule has 0 atom stereocenters. The molecule has 7 heteroatoms. The number of amides is 2. The number of sulfone groups is 1. The van der Waals surface area contributed by atoms with Crippen molar-refractivity contribution in [2.24, 2.45) is 0 Å². The Balaban J connectivity index is 1.93. The molecule has 0 radical (unpaired) electrons. The molecule has 122 valence electrons. The van der Waals surface area contributed by atoms with Gasteiger partial charge >= 0.3 is 6.03 Å². The summed E-state index contributed by atoms with van der Waals surface area (Å²) < 4.78 is 22.8. The summed E-state index contributed by atoms with van der Waals surface area (Å²) in [4.78, 5) is 13.7. The highest BCUT2D eigenvalue weighted by Crippen LogP contribution is 2.24. The van der Waals surface area contributed by atoms with E-state index < -0.39 is 9.84 Å². The number of hydrogen-bond acceptors (Lipinski definition) is 3. The molecule has 0 unspecified atom stereocenters. The Morgan fingerprint density at radius 3 is 2.55 bits per heavy atom. The predicted molar refractivity (Wildman–Crippen MR) is 88.1 cm³/mol. The maximum absolute atomic E-state index is 12.1. The largest absolute Gasteiger partial charge is 0.337 e. The van der Waals surface area contributed by atoms with Crippen LogP contribution in [0, 0.1) is 0 Å². The molecule has 0 spiro atoms. The molecule has 2 rings (SSSR count). The third-order valence-electron chi connectivity index (χ3n) is 3.92. The van der Waals surface area contributed by atoms with E-state index >= 15 is 0 Å². The summed E-state index contributed by atoms with van der Waals surface area (Å²) in [5.41, 5.74) is 0.782. The summed E-state index contributed by atoms with van der Waals surface area (Å²) in [6.45, 7) is 5.02. The van der Waals surface area contributed by atoms with Gasteiger partial charge in [0.05, 0.1) is 11.5 Å². The van der Waals surface area contributed by atoms with E-state index in [2.05, 4.69) is 5.32 Å². The van der Waals surface area contributed by atoms with E-state index in [-0.39, 0.29) is 36.0 Å². The van der Waals surface area contributed by atoms with Crippen LogP contribution in [-0.4, -0.2) is 50.5 Å². The van der Waals surface area contributed by atoms with Crippen molar-refractivity contribution in [3.05, 3.63) is 34.9 Å². The van der Waals surface area contributed by atoms with Gasteiger partial charge in [0.2, 0.25) is 0 Å². The molecule has 0 bridgehead atoms. The van der Waals surface area contributed by atoms with Crippen molar-refractivity contribution in [3.8, 4) is 0 Å². The maximum atomic E-state index is 12.1. The molecular formula is C15H21ClN2O3S. The first-order valence-electron chi connectivity index (χ1n) is 7.19. The van der Waals surface area contributed by atoms with Gasteiger partial charge in [0, 0.05) is 30.1 Å². The van der Waals surface area contributed by atoms with E-state index in [4.69, 9.17) is 11.6 Å². The zero-order valence-electron chi connectivity index (χ0n) is 12.8. The van der Waals surface area contributed by atoms with E-state index in [0.29, 0.717) is 11.6 Å². The number of urea groups is 1. The molecular weight excluding hydrogens is 324 g/mol. The van der Waals surface area contributed by atoms with Gasteiger partial charge in [-0.15, -0.1) is 0 Å². The minimum atomic E-state index is -2.98. The minimum Gasteiger partial charge on any atom is -0.337 e. The van der Waals surface area contributed by atoms with Crippen molar-refractivity contribution < 1.29 is 13.2 Å². The lowest BCUT2D eigenvalue weighted by molar-refractivity contribution is 0.199. The van der Waals surface area contributed by atoms with Crippen LogP contribution in [0.5, 0.6) is 0 Å². The molecule has 5 nitrogen and oxygen atoms in total. The summed E-state index contributed by atoms with van der Waals surface area (Å²) >= 11 is 6.01. The van der Waals surface area contributed by atoms with Crippen molar-refractivity contribution >= 4 is 27.5 Å². The summed E-state index contributed by atoms with van der Waals surface area (Å²) in [6, 6.07) is 7.35. The molecule has 1 fully saturated rings. The summed E-state index contributed by atoms with van der Waals surface area (Å²) in [6.07, 6.45) is 0. The molecule has 1 aromatic rings. The Labute approximate surface area is 136 Å². The molecule has 2 amide bonds. The quantitative estimate of drug-likeness (QED) is 0.912. The van der Waals surface area contributed by atoms with Crippen LogP contribution < -0.4 is 5.32 Å². The Hall–Kier alpha value is -1.27. The van der Waals surface area contributed by atoms with Crippen LogP contribution in [0.1, 0.15) is 19.4 Å². The van der Waals surface area contributed by atoms with E-state index in [9.17, 15) is 13.2 Å². The number of nitrogens with zero attached hydrogens (tertiary/aromatic N) is 1. The molecule has 0 aromatic heterocycles. The third-order valence-corrected chi connectivity index (χ3v) is 5.76. The molecule has 22 heavy (non-hydrogen) atoms. The Kier molecular flexibility index (Phi) is 5.02. The lowest BCUT2D eigenvalue weighted by atomic mass is 9.84. The molecule has 1 heterocycles. The number of halogens is 1. The fraction of sp³-hybridized carbons (Fsp3) is 0.533. The van der Waals surface area contributed by atoms with E-state index in [1.54, 1.807) is 4.90 Å². The maximum Gasteiger partial charge on any atom is 0.317 e. The van der Waals surface area contributed by atoms with Gasteiger partial charge in [-0.3, -0.25) is 0 Å². The highest BCUT2D eigenvalue weighted by atomic mass is 35.5. The molecule has 1 saturated heterocycles. The normalized spacial score (nSPS) is 18.0. The van der Waals surface area contributed by atoms with Crippen molar-refractivity contribution in [1.29, 1.82) is 0 Å². The minimum absolute atomic E-state index is 0.0398.